The summed E-state index contributed by atoms with van der Waals surface area (Å²) in [7, 11) is -3.56. The van der Waals surface area contributed by atoms with Crippen molar-refractivity contribution >= 4 is 21.8 Å². The van der Waals surface area contributed by atoms with E-state index in [1.54, 1.807) is 11.8 Å². The van der Waals surface area contributed by atoms with Crippen molar-refractivity contribution in [1.82, 2.24) is 14.3 Å². The SMILES string of the molecule is CCCn1c(SCCCNS(=O)(=O)c2c(C)cc(C)cc2C)nc(-c2ccccc2)c1-c1ccccc1. The fourth-order valence-corrected chi connectivity index (χ4v) is 7.25. The van der Waals surface area contributed by atoms with E-state index in [1.165, 1.54) is 0 Å². The Morgan fingerprint density at radius 2 is 1.49 bits per heavy atom. The van der Waals surface area contributed by atoms with Crippen molar-refractivity contribution in [3.05, 3.63) is 89.5 Å². The van der Waals surface area contributed by atoms with Gasteiger partial charge in [0.1, 0.15) is 0 Å². The number of rotatable bonds is 11. The molecule has 1 heterocycles. The van der Waals surface area contributed by atoms with Crippen molar-refractivity contribution in [3.63, 3.8) is 0 Å². The third-order valence-corrected chi connectivity index (χ3v) is 9.02. The van der Waals surface area contributed by atoms with Crippen molar-refractivity contribution in [2.75, 3.05) is 12.3 Å². The topological polar surface area (TPSA) is 64.0 Å². The average molecular weight is 534 g/mol. The molecule has 0 aliphatic carbocycles. The molecular weight excluding hydrogens is 498 g/mol. The Morgan fingerprint density at radius 3 is 2.08 bits per heavy atom. The minimum atomic E-state index is -3.56. The standard InChI is InChI=1S/C30H35N3O2S2/c1-5-18-33-28(26-15-10-7-11-16-26)27(25-13-8-6-9-14-25)32-30(33)36-19-12-17-31-37(34,35)29-23(3)20-22(2)21-24(29)4/h6-11,13-16,20-21,31H,5,12,17-19H2,1-4H3. The second-order valence-corrected chi connectivity index (χ2v) is 12.1. The summed E-state index contributed by atoms with van der Waals surface area (Å²) < 4.78 is 31.1. The van der Waals surface area contributed by atoms with E-state index < -0.39 is 10.0 Å². The van der Waals surface area contributed by atoms with Gasteiger partial charge in [0, 0.05) is 30.0 Å². The Morgan fingerprint density at radius 1 is 0.892 bits per heavy atom. The summed E-state index contributed by atoms with van der Waals surface area (Å²) >= 11 is 1.68. The van der Waals surface area contributed by atoms with E-state index in [2.05, 4.69) is 52.6 Å². The lowest BCUT2D eigenvalue weighted by Gasteiger charge is -2.13. The van der Waals surface area contributed by atoms with Crippen LogP contribution in [-0.2, 0) is 16.6 Å². The van der Waals surface area contributed by atoms with E-state index in [0.717, 1.165) is 63.1 Å². The van der Waals surface area contributed by atoms with Crippen LogP contribution in [0.1, 0.15) is 36.5 Å². The number of hydrogen-bond donors (Lipinski definition) is 1. The molecule has 0 saturated carbocycles. The summed E-state index contributed by atoms with van der Waals surface area (Å²) in [6.07, 6.45) is 1.70. The van der Waals surface area contributed by atoms with Crippen molar-refractivity contribution in [3.8, 4) is 22.5 Å². The summed E-state index contributed by atoms with van der Waals surface area (Å²) in [6.45, 7) is 9.11. The molecule has 1 N–H and O–H groups in total. The Hall–Kier alpha value is -2.87. The first-order valence-corrected chi connectivity index (χ1v) is 15.2. The number of nitrogens with one attached hydrogen (secondary N) is 1. The number of thioether (sulfide) groups is 1. The summed E-state index contributed by atoms with van der Waals surface area (Å²) in [5, 5.41) is 0.965. The molecule has 3 aromatic carbocycles. The zero-order chi connectivity index (χ0) is 26.4. The summed E-state index contributed by atoms with van der Waals surface area (Å²) in [5.41, 5.74) is 6.97. The van der Waals surface area contributed by atoms with E-state index in [9.17, 15) is 8.42 Å². The maximum atomic E-state index is 13.0. The van der Waals surface area contributed by atoms with E-state index in [1.807, 2.05) is 57.2 Å². The molecule has 0 fully saturated rings. The fourth-order valence-electron chi connectivity index (χ4n) is 4.76. The minimum Gasteiger partial charge on any atom is -0.318 e. The Labute approximate surface area is 225 Å². The lowest BCUT2D eigenvalue weighted by molar-refractivity contribution is 0.579. The van der Waals surface area contributed by atoms with Gasteiger partial charge in [-0.05, 0) is 44.7 Å². The monoisotopic (exact) mass is 533 g/mol. The number of nitrogens with zero attached hydrogens (tertiary/aromatic N) is 2. The van der Waals surface area contributed by atoms with Gasteiger partial charge in [-0.2, -0.15) is 0 Å². The van der Waals surface area contributed by atoms with E-state index in [0.29, 0.717) is 17.9 Å². The highest BCUT2D eigenvalue weighted by Gasteiger charge is 2.21. The molecule has 7 heteroatoms. The first kappa shape index (κ1) is 27.2. The van der Waals surface area contributed by atoms with Gasteiger partial charge in [-0.25, -0.2) is 18.1 Å². The van der Waals surface area contributed by atoms with Crippen molar-refractivity contribution in [2.24, 2.45) is 0 Å². The second-order valence-electron chi connectivity index (χ2n) is 9.30. The predicted molar refractivity (Wildman–Crippen MR) is 155 cm³/mol. The number of aryl methyl sites for hydroxylation is 3. The van der Waals surface area contributed by atoms with Crippen molar-refractivity contribution in [2.45, 2.75) is 57.1 Å². The molecule has 5 nitrogen and oxygen atoms in total. The zero-order valence-electron chi connectivity index (χ0n) is 22.0. The van der Waals surface area contributed by atoms with Gasteiger partial charge in [-0.1, -0.05) is 97.0 Å². The molecule has 0 amide bonds. The van der Waals surface area contributed by atoms with Gasteiger partial charge in [-0.3, -0.25) is 0 Å². The second kappa shape index (κ2) is 12.1. The Bertz CT molecular complexity index is 1420. The van der Waals surface area contributed by atoms with Crippen LogP contribution < -0.4 is 4.72 Å². The fraction of sp³-hybridized carbons (Fsp3) is 0.300. The van der Waals surface area contributed by atoms with Gasteiger partial charge in [0.15, 0.2) is 5.16 Å². The Kier molecular flexibility index (Phi) is 8.90. The van der Waals surface area contributed by atoms with E-state index in [4.69, 9.17) is 4.98 Å². The number of benzene rings is 3. The normalized spacial score (nSPS) is 11.7. The van der Waals surface area contributed by atoms with Crippen LogP contribution in [0.25, 0.3) is 22.5 Å². The van der Waals surface area contributed by atoms with Crippen LogP contribution in [0.3, 0.4) is 0 Å². The van der Waals surface area contributed by atoms with Gasteiger partial charge in [0.2, 0.25) is 10.0 Å². The first-order valence-electron chi connectivity index (χ1n) is 12.7. The van der Waals surface area contributed by atoms with Crippen LogP contribution in [0.5, 0.6) is 0 Å². The van der Waals surface area contributed by atoms with Crippen LogP contribution >= 0.6 is 11.8 Å². The number of sulfonamides is 1. The van der Waals surface area contributed by atoms with Gasteiger partial charge < -0.3 is 4.57 Å². The molecule has 0 unspecified atom stereocenters. The van der Waals surface area contributed by atoms with Crippen LogP contribution in [0, 0.1) is 20.8 Å². The lowest BCUT2D eigenvalue weighted by Crippen LogP contribution is -2.26. The Balaban J connectivity index is 1.51. The van der Waals surface area contributed by atoms with Crippen LogP contribution in [-0.4, -0.2) is 30.3 Å². The molecule has 0 aliphatic rings. The predicted octanol–water partition coefficient (Wildman–Crippen LogP) is 7.01. The van der Waals surface area contributed by atoms with Crippen LogP contribution in [0.4, 0.5) is 0 Å². The third-order valence-electron chi connectivity index (χ3n) is 6.19. The van der Waals surface area contributed by atoms with Crippen LogP contribution in [0.2, 0.25) is 0 Å². The summed E-state index contributed by atoms with van der Waals surface area (Å²) in [6, 6.07) is 24.5. The number of imidazole rings is 1. The molecule has 194 valence electrons. The molecule has 0 radical (unpaired) electrons. The number of aromatic nitrogens is 2. The number of hydrogen-bond acceptors (Lipinski definition) is 4. The molecule has 37 heavy (non-hydrogen) atoms. The molecule has 1 aromatic heterocycles. The molecular formula is C30H35N3O2S2. The van der Waals surface area contributed by atoms with Gasteiger partial charge in [0.25, 0.3) is 0 Å². The quantitative estimate of drug-likeness (QED) is 0.166. The van der Waals surface area contributed by atoms with Crippen LogP contribution in [0.15, 0.2) is 82.8 Å². The highest BCUT2D eigenvalue weighted by molar-refractivity contribution is 7.99. The summed E-state index contributed by atoms with van der Waals surface area (Å²) in [5.74, 6) is 0.761. The smallest absolute Gasteiger partial charge is 0.241 e. The average Bonchev–Trinajstić information content (AvgIpc) is 3.22. The van der Waals surface area contributed by atoms with Crippen molar-refractivity contribution in [1.29, 1.82) is 0 Å². The molecule has 4 aromatic rings. The molecule has 0 atom stereocenters. The molecule has 0 bridgehead atoms. The summed E-state index contributed by atoms with van der Waals surface area (Å²) in [4.78, 5) is 5.48. The molecule has 0 spiro atoms. The van der Waals surface area contributed by atoms with E-state index in [-0.39, 0.29) is 0 Å². The lowest BCUT2D eigenvalue weighted by atomic mass is 10.0. The zero-order valence-corrected chi connectivity index (χ0v) is 23.6. The van der Waals surface area contributed by atoms with Gasteiger partial charge in [-0.15, -0.1) is 0 Å². The van der Waals surface area contributed by atoms with E-state index >= 15 is 0 Å². The first-order chi connectivity index (χ1) is 17.8. The maximum Gasteiger partial charge on any atom is 0.241 e. The third kappa shape index (κ3) is 6.35. The maximum absolute atomic E-state index is 13.0. The molecule has 0 saturated heterocycles. The largest absolute Gasteiger partial charge is 0.318 e. The highest BCUT2D eigenvalue weighted by atomic mass is 32.2. The highest BCUT2D eigenvalue weighted by Crippen LogP contribution is 2.36. The molecule has 0 aliphatic heterocycles. The minimum absolute atomic E-state index is 0.383. The molecule has 4 rings (SSSR count). The van der Waals surface area contributed by atoms with Gasteiger partial charge >= 0.3 is 0 Å². The van der Waals surface area contributed by atoms with Gasteiger partial charge in [0.05, 0.1) is 16.3 Å². The van der Waals surface area contributed by atoms with Crippen molar-refractivity contribution < 1.29 is 8.42 Å².